The average Bonchev–Trinajstić information content (AvgIpc) is 2.40. The molecule has 0 saturated carbocycles. The maximum Gasteiger partial charge on any atom is 0.407 e. The Morgan fingerprint density at radius 2 is 2.00 bits per heavy atom. The van der Waals surface area contributed by atoms with Crippen molar-refractivity contribution in [2.75, 3.05) is 23.9 Å². The van der Waals surface area contributed by atoms with Gasteiger partial charge in [-0.1, -0.05) is 18.2 Å². The van der Waals surface area contributed by atoms with Crippen LogP contribution in [0.1, 0.15) is 32.8 Å². The number of benzene rings is 1. The van der Waals surface area contributed by atoms with Gasteiger partial charge >= 0.3 is 6.09 Å². The fourth-order valence-electron chi connectivity index (χ4n) is 1.77. The van der Waals surface area contributed by atoms with E-state index in [1.165, 1.54) is 0 Å². The molecule has 2 N–H and O–H groups in total. The van der Waals surface area contributed by atoms with Crippen molar-refractivity contribution in [3.05, 3.63) is 29.8 Å². The number of amides is 1. The quantitative estimate of drug-likeness (QED) is 0.751. The molecule has 0 atom stereocenters. The van der Waals surface area contributed by atoms with Gasteiger partial charge in [-0.15, -0.1) is 0 Å². The molecule has 0 aliphatic carbocycles. The molecule has 118 valence electrons. The lowest BCUT2D eigenvalue weighted by atomic mass is 10.1. The molecular formula is C16H26N2O2S. The molecule has 1 rings (SSSR count). The van der Waals surface area contributed by atoms with Crippen LogP contribution in [0.2, 0.25) is 0 Å². The lowest BCUT2D eigenvalue weighted by molar-refractivity contribution is 0.0523. The van der Waals surface area contributed by atoms with E-state index in [1.807, 2.05) is 56.8 Å². The number of nitrogens with one attached hydrogen (secondary N) is 2. The van der Waals surface area contributed by atoms with Crippen molar-refractivity contribution in [1.29, 1.82) is 0 Å². The molecule has 0 saturated heterocycles. The standard InChI is InChI=1S/C16H26N2O2S/c1-16(2,3)20-15(19)18-12-13-8-5-6-9-14(13)17-10-7-11-21-4/h5-6,8-9,17H,7,10-12H2,1-4H3,(H,18,19). The van der Waals surface area contributed by atoms with Gasteiger partial charge in [0.25, 0.3) is 0 Å². The van der Waals surface area contributed by atoms with E-state index in [2.05, 4.69) is 16.9 Å². The number of para-hydroxylation sites is 1. The Morgan fingerprint density at radius 3 is 2.67 bits per heavy atom. The zero-order valence-electron chi connectivity index (χ0n) is 13.4. The van der Waals surface area contributed by atoms with E-state index >= 15 is 0 Å². The van der Waals surface area contributed by atoms with Gasteiger partial charge in [-0.2, -0.15) is 11.8 Å². The van der Waals surface area contributed by atoms with Gasteiger partial charge in [0.15, 0.2) is 0 Å². The Labute approximate surface area is 132 Å². The first-order valence-electron chi connectivity index (χ1n) is 7.20. The number of thioether (sulfide) groups is 1. The molecule has 0 aromatic heterocycles. The highest BCUT2D eigenvalue weighted by Gasteiger charge is 2.15. The third-order valence-electron chi connectivity index (χ3n) is 2.68. The third kappa shape index (κ3) is 7.85. The van der Waals surface area contributed by atoms with Crippen molar-refractivity contribution in [1.82, 2.24) is 5.32 Å². The number of rotatable bonds is 7. The van der Waals surface area contributed by atoms with Gasteiger partial charge < -0.3 is 15.4 Å². The summed E-state index contributed by atoms with van der Waals surface area (Å²) in [7, 11) is 0. The highest BCUT2D eigenvalue weighted by atomic mass is 32.2. The summed E-state index contributed by atoms with van der Waals surface area (Å²) in [5.74, 6) is 1.14. The van der Waals surface area contributed by atoms with Crippen molar-refractivity contribution in [2.45, 2.75) is 39.3 Å². The summed E-state index contributed by atoms with van der Waals surface area (Å²) < 4.78 is 5.24. The van der Waals surface area contributed by atoms with Crippen molar-refractivity contribution >= 4 is 23.5 Å². The summed E-state index contributed by atoms with van der Waals surface area (Å²) in [6.07, 6.45) is 2.84. The Bertz CT molecular complexity index is 444. The topological polar surface area (TPSA) is 50.4 Å². The Hall–Kier alpha value is -1.36. The number of ether oxygens (including phenoxy) is 1. The second-order valence-electron chi connectivity index (χ2n) is 5.79. The molecule has 1 amide bonds. The van der Waals surface area contributed by atoms with E-state index in [4.69, 9.17) is 4.74 Å². The van der Waals surface area contributed by atoms with Gasteiger partial charge in [0.2, 0.25) is 0 Å². The van der Waals surface area contributed by atoms with Crippen LogP contribution in [-0.2, 0) is 11.3 Å². The lowest BCUT2D eigenvalue weighted by Gasteiger charge is -2.20. The fraction of sp³-hybridized carbons (Fsp3) is 0.562. The molecule has 0 bridgehead atoms. The molecule has 1 aromatic carbocycles. The van der Waals surface area contributed by atoms with Gasteiger partial charge in [0.1, 0.15) is 5.60 Å². The van der Waals surface area contributed by atoms with Gasteiger partial charge in [0, 0.05) is 18.8 Å². The van der Waals surface area contributed by atoms with Crippen LogP contribution in [0.3, 0.4) is 0 Å². The molecule has 21 heavy (non-hydrogen) atoms. The molecule has 0 unspecified atom stereocenters. The SMILES string of the molecule is CSCCCNc1ccccc1CNC(=O)OC(C)(C)C. The number of carbonyl (C=O) groups is 1. The maximum atomic E-state index is 11.7. The first-order valence-corrected chi connectivity index (χ1v) is 8.59. The zero-order chi connectivity index (χ0) is 15.7. The van der Waals surface area contributed by atoms with E-state index < -0.39 is 5.60 Å². The van der Waals surface area contributed by atoms with E-state index in [9.17, 15) is 4.79 Å². The van der Waals surface area contributed by atoms with Gasteiger partial charge in [0.05, 0.1) is 0 Å². The largest absolute Gasteiger partial charge is 0.444 e. The normalized spacial score (nSPS) is 11.0. The van der Waals surface area contributed by atoms with Crippen LogP contribution >= 0.6 is 11.8 Å². The van der Waals surface area contributed by atoms with Gasteiger partial charge in [-0.3, -0.25) is 0 Å². The van der Waals surface area contributed by atoms with Crippen LogP contribution in [-0.4, -0.2) is 30.2 Å². The van der Waals surface area contributed by atoms with Crippen LogP contribution in [0, 0.1) is 0 Å². The number of hydrogen-bond acceptors (Lipinski definition) is 4. The molecule has 0 aliphatic heterocycles. The van der Waals surface area contributed by atoms with E-state index in [0.29, 0.717) is 6.54 Å². The lowest BCUT2D eigenvalue weighted by Crippen LogP contribution is -2.32. The van der Waals surface area contributed by atoms with Crippen molar-refractivity contribution in [3.8, 4) is 0 Å². The van der Waals surface area contributed by atoms with Gasteiger partial charge in [-0.05, 0) is 50.8 Å². The highest BCUT2D eigenvalue weighted by Crippen LogP contribution is 2.15. The second-order valence-corrected chi connectivity index (χ2v) is 6.77. The van der Waals surface area contributed by atoms with Crippen LogP contribution in [0.4, 0.5) is 10.5 Å². The zero-order valence-corrected chi connectivity index (χ0v) is 14.2. The first-order chi connectivity index (χ1) is 9.92. The second kappa shape index (κ2) is 8.82. The molecule has 0 fully saturated rings. The van der Waals surface area contributed by atoms with E-state index in [1.54, 1.807) is 0 Å². The highest BCUT2D eigenvalue weighted by molar-refractivity contribution is 7.98. The Kier molecular flexibility index (Phi) is 7.43. The summed E-state index contributed by atoms with van der Waals surface area (Å²) in [5, 5.41) is 6.21. The van der Waals surface area contributed by atoms with Gasteiger partial charge in [-0.25, -0.2) is 4.79 Å². The summed E-state index contributed by atoms with van der Waals surface area (Å²) in [6.45, 7) is 6.96. The smallest absolute Gasteiger partial charge is 0.407 e. The monoisotopic (exact) mass is 310 g/mol. The Balaban J connectivity index is 2.49. The van der Waals surface area contributed by atoms with Crippen molar-refractivity contribution < 1.29 is 9.53 Å². The molecule has 4 nitrogen and oxygen atoms in total. The predicted molar refractivity (Wildman–Crippen MR) is 91.0 cm³/mol. The summed E-state index contributed by atoms with van der Waals surface area (Å²) in [4.78, 5) is 11.7. The first kappa shape index (κ1) is 17.7. The molecule has 5 heteroatoms. The number of hydrogen-bond donors (Lipinski definition) is 2. The number of anilines is 1. The fourth-order valence-corrected chi connectivity index (χ4v) is 2.20. The number of alkyl carbamates (subject to hydrolysis) is 1. The van der Waals surface area contributed by atoms with Crippen LogP contribution in [0.25, 0.3) is 0 Å². The molecule has 1 aromatic rings. The van der Waals surface area contributed by atoms with Crippen LogP contribution in [0.5, 0.6) is 0 Å². The minimum atomic E-state index is -0.473. The maximum absolute atomic E-state index is 11.7. The van der Waals surface area contributed by atoms with E-state index in [-0.39, 0.29) is 6.09 Å². The average molecular weight is 310 g/mol. The molecule has 0 radical (unpaired) electrons. The molecule has 0 aliphatic rings. The molecule has 0 heterocycles. The molecule has 0 spiro atoms. The summed E-state index contributed by atoms with van der Waals surface area (Å²) >= 11 is 1.85. The third-order valence-corrected chi connectivity index (χ3v) is 3.38. The molecular weight excluding hydrogens is 284 g/mol. The summed E-state index contributed by atoms with van der Waals surface area (Å²) in [6, 6.07) is 8.01. The van der Waals surface area contributed by atoms with Crippen molar-refractivity contribution in [3.63, 3.8) is 0 Å². The van der Waals surface area contributed by atoms with E-state index in [0.717, 1.165) is 30.0 Å². The van der Waals surface area contributed by atoms with Crippen LogP contribution < -0.4 is 10.6 Å². The number of carbonyl (C=O) groups excluding carboxylic acids is 1. The van der Waals surface area contributed by atoms with Crippen LogP contribution in [0.15, 0.2) is 24.3 Å². The van der Waals surface area contributed by atoms with Crippen molar-refractivity contribution in [2.24, 2.45) is 0 Å². The minimum absolute atomic E-state index is 0.389. The Morgan fingerprint density at radius 1 is 1.29 bits per heavy atom. The minimum Gasteiger partial charge on any atom is -0.444 e. The predicted octanol–water partition coefficient (Wildman–Crippen LogP) is 3.88. The summed E-state index contributed by atoms with van der Waals surface area (Å²) in [5.41, 5.74) is 1.65.